The number of piperidine rings is 1. The summed E-state index contributed by atoms with van der Waals surface area (Å²) >= 11 is 0. The molecular weight excluding hydrogens is 373 g/mol. The van der Waals surface area contributed by atoms with E-state index in [0.717, 1.165) is 28.0 Å². The smallest absolute Gasteiger partial charge is 0.409 e. The molecule has 1 amide bonds. The number of halogens is 1. The number of hydrogen-bond acceptors (Lipinski definition) is 4. The molecule has 0 saturated carbocycles. The van der Waals surface area contributed by atoms with Crippen molar-refractivity contribution in [2.24, 2.45) is 0 Å². The van der Waals surface area contributed by atoms with Crippen LogP contribution < -0.4 is 9.47 Å². The molecule has 2 aromatic rings. The van der Waals surface area contributed by atoms with Gasteiger partial charge in [0, 0.05) is 24.2 Å². The lowest BCUT2D eigenvalue weighted by Gasteiger charge is -2.29. The SMILES string of the molecule is CCOC(=O)N1CCC(=C2c3ccc(OC)cc3COc3ccc(F)cc32)CC1. The van der Waals surface area contributed by atoms with Crippen LogP contribution in [0.2, 0.25) is 0 Å². The number of methoxy groups -OCH3 is 1. The number of hydrogen-bond donors (Lipinski definition) is 0. The van der Waals surface area contributed by atoms with Gasteiger partial charge in [-0.1, -0.05) is 11.6 Å². The van der Waals surface area contributed by atoms with E-state index in [4.69, 9.17) is 14.2 Å². The van der Waals surface area contributed by atoms with Crippen LogP contribution in [0.1, 0.15) is 36.5 Å². The fraction of sp³-hybridized carbons (Fsp3) is 0.348. The summed E-state index contributed by atoms with van der Waals surface area (Å²) < 4.78 is 30.6. The van der Waals surface area contributed by atoms with Crippen LogP contribution in [0.5, 0.6) is 11.5 Å². The first-order valence-corrected chi connectivity index (χ1v) is 9.84. The molecule has 2 aliphatic rings. The number of fused-ring (bicyclic) bond motifs is 2. The van der Waals surface area contributed by atoms with Gasteiger partial charge in [-0.25, -0.2) is 9.18 Å². The summed E-state index contributed by atoms with van der Waals surface area (Å²) in [6.45, 7) is 3.71. The van der Waals surface area contributed by atoms with Gasteiger partial charge in [0.25, 0.3) is 0 Å². The van der Waals surface area contributed by atoms with Crippen LogP contribution in [0, 0.1) is 5.82 Å². The Kier molecular flexibility index (Phi) is 5.43. The molecule has 2 heterocycles. The van der Waals surface area contributed by atoms with Crippen molar-refractivity contribution in [1.82, 2.24) is 4.90 Å². The van der Waals surface area contributed by atoms with E-state index < -0.39 is 0 Å². The van der Waals surface area contributed by atoms with E-state index >= 15 is 0 Å². The van der Waals surface area contributed by atoms with E-state index in [9.17, 15) is 9.18 Å². The van der Waals surface area contributed by atoms with Gasteiger partial charge >= 0.3 is 6.09 Å². The Labute approximate surface area is 169 Å². The highest BCUT2D eigenvalue weighted by atomic mass is 19.1. The third-order valence-corrected chi connectivity index (χ3v) is 5.42. The van der Waals surface area contributed by atoms with Crippen molar-refractivity contribution in [2.75, 3.05) is 26.8 Å². The largest absolute Gasteiger partial charge is 0.497 e. The Bertz CT molecular complexity index is 959. The van der Waals surface area contributed by atoms with Gasteiger partial charge in [0.2, 0.25) is 0 Å². The molecule has 152 valence electrons. The fourth-order valence-electron chi connectivity index (χ4n) is 3.99. The van der Waals surface area contributed by atoms with E-state index in [2.05, 4.69) is 0 Å². The minimum atomic E-state index is -0.300. The third-order valence-electron chi connectivity index (χ3n) is 5.42. The van der Waals surface area contributed by atoms with Gasteiger partial charge in [0.15, 0.2) is 0 Å². The molecule has 1 fully saturated rings. The number of likely N-dealkylation sites (tertiary alicyclic amines) is 1. The number of ether oxygens (including phenoxy) is 3. The number of rotatable bonds is 2. The van der Waals surface area contributed by atoms with Crippen LogP contribution in [0.15, 0.2) is 42.0 Å². The average molecular weight is 397 g/mol. The van der Waals surface area contributed by atoms with Gasteiger partial charge in [-0.2, -0.15) is 0 Å². The summed E-state index contributed by atoms with van der Waals surface area (Å²) in [6, 6.07) is 10.5. The maximum Gasteiger partial charge on any atom is 0.409 e. The van der Waals surface area contributed by atoms with Gasteiger partial charge < -0.3 is 19.1 Å². The monoisotopic (exact) mass is 397 g/mol. The van der Waals surface area contributed by atoms with Crippen LogP contribution in [0.4, 0.5) is 9.18 Å². The van der Waals surface area contributed by atoms with Crippen LogP contribution in [0.25, 0.3) is 5.57 Å². The topological polar surface area (TPSA) is 48.0 Å². The Hall–Kier alpha value is -3.02. The molecule has 0 aliphatic carbocycles. The van der Waals surface area contributed by atoms with E-state index in [1.54, 1.807) is 25.0 Å². The van der Waals surface area contributed by atoms with Crippen molar-refractivity contribution >= 4 is 11.7 Å². The zero-order valence-electron chi connectivity index (χ0n) is 16.7. The first-order valence-electron chi connectivity index (χ1n) is 9.84. The minimum absolute atomic E-state index is 0.280. The summed E-state index contributed by atoms with van der Waals surface area (Å²) in [5.41, 5.74) is 4.96. The average Bonchev–Trinajstić information content (AvgIpc) is 2.90. The van der Waals surface area contributed by atoms with Crippen LogP contribution in [-0.2, 0) is 11.3 Å². The van der Waals surface area contributed by atoms with E-state index in [1.165, 1.54) is 17.7 Å². The molecule has 0 spiro atoms. The quantitative estimate of drug-likeness (QED) is 0.732. The molecule has 29 heavy (non-hydrogen) atoms. The van der Waals surface area contributed by atoms with E-state index in [1.807, 2.05) is 18.2 Å². The zero-order chi connectivity index (χ0) is 20.4. The predicted molar refractivity (Wildman–Crippen MR) is 108 cm³/mol. The molecule has 6 heteroatoms. The van der Waals surface area contributed by atoms with Crippen molar-refractivity contribution in [2.45, 2.75) is 26.4 Å². The first kappa shape index (κ1) is 19.3. The maximum absolute atomic E-state index is 14.1. The van der Waals surface area contributed by atoms with Crippen molar-refractivity contribution < 1.29 is 23.4 Å². The number of nitrogens with zero attached hydrogens (tertiary/aromatic N) is 1. The summed E-state index contributed by atoms with van der Waals surface area (Å²) in [5.74, 6) is 1.12. The molecule has 0 bridgehead atoms. The lowest BCUT2D eigenvalue weighted by atomic mass is 9.86. The van der Waals surface area contributed by atoms with Crippen LogP contribution in [-0.4, -0.2) is 37.8 Å². The number of carbonyl (C=O) groups is 1. The molecular formula is C23H24FNO4. The number of amides is 1. The lowest BCUT2D eigenvalue weighted by molar-refractivity contribution is 0.104. The van der Waals surface area contributed by atoms with Crippen molar-refractivity contribution in [3.05, 3.63) is 64.5 Å². The second-order valence-corrected chi connectivity index (χ2v) is 7.12. The standard InChI is InChI=1S/C23H24FNO4/c1-3-28-23(26)25-10-8-15(9-11-25)22-19-6-5-18(27-2)12-16(19)14-29-21-7-4-17(24)13-20(21)22/h4-7,12-13H,3,8-11,14H2,1-2H3. The number of benzene rings is 2. The summed E-state index contributed by atoms with van der Waals surface area (Å²) in [5, 5.41) is 0. The molecule has 0 radical (unpaired) electrons. The third kappa shape index (κ3) is 3.79. The normalized spacial score (nSPS) is 15.8. The highest BCUT2D eigenvalue weighted by Gasteiger charge is 2.27. The zero-order valence-corrected chi connectivity index (χ0v) is 16.7. The van der Waals surface area contributed by atoms with Gasteiger partial charge in [-0.15, -0.1) is 0 Å². The van der Waals surface area contributed by atoms with Crippen LogP contribution in [0.3, 0.4) is 0 Å². The van der Waals surface area contributed by atoms with Crippen LogP contribution >= 0.6 is 0 Å². The van der Waals surface area contributed by atoms with E-state index in [0.29, 0.717) is 44.9 Å². The second kappa shape index (κ2) is 8.15. The highest BCUT2D eigenvalue weighted by Crippen LogP contribution is 2.42. The van der Waals surface area contributed by atoms with Gasteiger partial charge in [0.05, 0.1) is 13.7 Å². The van der Waals surface area contributed by atoms with E-state index in [-0.39, 0.29) is 11.9 Å². The molecule has 0 aromatic heterocycles. The van der Waals surface area contributed by atoms with Gasteiger partial charge in [-0.05, 0) is 61.2 Å². The molecule has 2 aliphatic heterocycles. The van der Waals surface area contributed by atoms with Crippen molar-refractivity contribution in [3.63, 3.8) is 0 Å². The molecule has 0 N–H and O–H groups in total. The molecule has 0 unspecified atom stereocenters. The van der Waals surface area contributed by atoms with Crippen molar-refractivity contribution in [3.8, 4) is 11.5 Å². The molecule has 1 saturated heterocycles. The minimum Gasteiger partial charge on any atom is -0.497 e. The Morgan fingerprint density at radius 2 is 1.93 bits per heavy atom. The lowest BCUT2D eigenvalue weighted by Crippen LogP contribution is -2.37. The Morgan fingerprint density at radius 3 is 2.66 bits per heavy atom. The molecule has 0 atom stereocenters. The predicted octanol–water partition coefficient (Wildman–Crippen LogP) is 4.78. The number of carbonyl (C=O) groups excluding carboxylic acids is 1. The second-order valence-electron chi connectivity index (χ2n) is 7.12. The molecule has 2 aromatic carbocycles. The van der Waals surface area contributed by atoms with Gasteiger partial charge in [0.1, 0.15) is 23.9 Å². The maximum atomic E-state index is 14.1. The summed E-state index contributed by atoms with van der Waals surface area (Å²) in [6.07, 6.45) is 1.13. The summed E-state index contributed by atoms with van der Waals surface area (Å²) in [4.78, 5) is 13.8. The Morgan fingerprint density at radius 1 is 1.14 bits per heavy atom. The van der Waals surface area contributed by atoms with Crippen molar-refractivity contribution in [1.29, 1.82) is 0 Å². The Balaban J connectivity index is 1.78. The first-order chi connectivity index (χ1) is 14.1. The fourth-order valence-corrected chi connectivity index (χ4v) is 3.99. The molecule has 5 nitrogen and oxygen atoms in total. The summed E-state index contributed by atoms with van der Waals surface area (Å²) in [7, 11) is 1.63. The molecule has 4 rings (SSSR count). The highest BCUT2D eigenvalue weighted by molar-refractivity contribution is 5.87. The van der Waals surface area contributed by atoms with Gasteiger partial charge in [-0.3, -0.25) is 0 Å².